The molecule has 0 aromatic carbocycles. The first kappa shape index (κ1) is 6.44. The Morgan fingerprint density at radius 3 is 2.27 bits per heavy atom. The zero-order chi connectivity index (χ0) is 7.31. The Labute approximate surface area is 67.3 Å². The number of nitrogens with one attached hydrogen (secondary N) is 1. The molecule has 0 atom stereocenters. The van der Waals surface area contributed by atoms with Crippen molar-refractivity contribution in [3.63, 3.8) is 0 Å². The number of hydrogen-bond acceptors (Lipinski definition) is 2. The second kappa shape index (κ2) is 1.99. The average molecular weight is 153 g/mol. The van der Waals surface area contributed by atoms with Gasteiger partial charge in [-0.25, -0.2) is 0 Å². The molecule has 3 fully saturated rings. The van der Waals surface area contributed by atoms with Gasteiger partial charge in [0.15, 0.2) is 0 Å². The van der Waals surface area contributed by atoms with Crippen molar-refractivity contribution in [3.8, 4) is 0 Å². The predicted octanol–water partition coefficient (Wildman–Crippen LogP) is 0.917. The minimum Gasteiger partial charge on any atom is -0.378 e. The Bertz CT molecular complexity index is 168. The minimum absolute atomic E-state index is 0.606. The monoisotopic (exact) mass is 153 g/mol. The summed E-state index contributed by atoms with van der Waals surface area (Å²) in [7, 11) is 0. The van der Waals surface area contributed by atoms with Crippen LogP contribution in [0.1, 0.15) is 25.7 Å². The summed E-state index contributed by atoms with van der Waals surface area (Å²) in [4.78, 5) is 0. The molecule has 1 aliphatic heterocycles. The Morgan fingerprint density at radius 2 is 1.91 bits per heavy atom. The van der Waals surface area contributed by atoms with Gasteiger partial charge < -0.3 is 10.1 Å². The van der Waals surface area contributed by atoms with Gasteiger partial charge in [0, 0.05) is 5.54 Å². The summed E-state index contributed by atoms with van der Waals surface area (Å²) in [6.45, 7) is 1.91. The molecule has 0 amide bonds. The molecule has 0 aromatic rings. The molecular formula is C9H15NO. The molecule has 1 N–H and O–H groups in total. The summed E-state index contributed by atoms with van der Waals surface area (Å²) < 4.78 is 5.15. The highest BCUT2D eigenvalue weighted by Gasteiger charge is 2.54. The molecule has 2 heteroatoms. The van der Waals surface area contributed by atoms with Gasteiger partial charge in [0.05, 0.1) is 19.3 Å². The topological polar surface area (TPSA) is 21.3 Å². The van der Waals surface area contributed by atoms with Crippen LogP contribution in [0.2, 0.25) is 0 Å². The Hall–Kier alpha value is -0.0800. The van der Waals surface area contributed by atoms with E-state index in [-0.39, 0.29) is 0 Å². The zero-order valence-electron chi connectivity index (χ0n) is 6.81. The molecule has 62 valence electrons. The van der Waals surface area contributed by atoms with Gasteiger partial charge in [-0.3, -0.25) is 0 Å². The lowest BCUT2D eigenvalue weighted by Gasteiger charge is -2.31. The van der Waals surface area contributed by atoms with Gasteiger partial charge in [-0.05, 0) is 31.6 Å². The fraction of sp³-hybridized carbons (Fsp3) is 1.00. The second-order valence-corrected chi connectivity index (χ2v) is 4.31. The fourth-order valence-electron chi connectivity index (χ4n) is 2.17. The van der Waals surface area contributed by atoms with E-state index in [1.54, 1.807) is 0 Å². The van der Waals surface area contributed by atoms with Crippen LogP contribution in [0.25, 0.3) is 0 Å². The van der Waals surface area contributed by atoms with Crippen LogP contribution in [-0.2, 0) is 4.74 Å². The molecule has 3 rings (SSSR count). The van der Waals surface area contributed by atoms with Crippen LogP contribution in [0, 0.1) is 5.92 Å². The number of ether oxygens (including phenoxy) is 1. The Balaban J connectivity index is 1.59. The molecule has 11 heavy (non-hydrogen) atoms. The molecule has 0 aromatic heterocycles. The third-order valence-corrected chi connectivity index (χ3v) is 3.28. The van der Waals surface area contributed by atoms with E-state index in [1.165, 1.54) is 25.7 Å². The minimum atomic E-state index is 0.606. The van der Waals surface area contributed by atoms with Crippen molar-refractivity contribution in [3.05, 3.63) is 0 Å². The van der Waals surface area contributed by atoms with Crippen LogP contribution in [0.4, 0.5) is 0 Å². The SMILES string of the molecule is C1OCC1NC1(C2CC2)CC1. The maximum atomic E-state index is 5.15. The van der Waals surface area contributed by atoms with E-state index in [0.717, 1.165) is 19.1 Å². The first-order valence-corrected chi connectivity index (χ1v) is 4.74. The van der Waals surface area contributed by atoms with E-state index in [2.05, 4.69) is 5.32 Å². The maximum absolute atomic E-state index is 5.15. The van der Waals surface area contributed by atoms with Gasteiger partial charge in [0.25, 0.3) is 0 Å². The van der Waals surface area contributed by atoms with Crippen LogP contribution in [-0.4, -0.2) is 24.8 Å². The zero-order valence-corrected chi connectivity index (χ0v) is 6.81. The Kier molecular flexibility index (Phi) is 1.16. The highest BCUT2D eigenvalue weighted by atomic mass is 16.5. The van der Waals surface area contributed by atoms with Crippen molar-refractivity contribution >= 4 is 0 Å². The second-order valence-electron chi connectivity index (χ2n) is 4.31. The molecule has 1 saturated heterocycles. The molecule has 2 saturated carbocycles. The summed E-state index contributed by atoms with van der Waals surface area (Å²) in [6, 6.07) is 0.693. The van der Waals surface area contributed by atoms with Gasteiger partial charge in [0.2, 0.25) is 0 Å². The summed E-state index contributed by atoms with van der Waals surface area (Å²) in [5, 5.41) is 3.74. The van der Waals surface area contributed by atoms with Gasteiger partial charge in [0.1, 0.15) is 0 Å². The summed E-state index contributed by atoms with van der Waals surface area (Å²) in [6.07, 6.45) is 5.80. The van der Waals surface area contributed by atoms with Gasteiger partial charge in [-0.2, -0.15) is 0 Å². The molecule has 2 nitrogen and oxygen atoms in total. The molecule has 2 aliphatic carbocycles. The predicted molar refractivity (Wildman–Crippen MR) is 42.4 cm³/mol. The summed E-state index contributed by atoms with van der Waals surface area (Å²) >= 11 is 0. The van der Waals surface area contributed by atoms with Gasteiger partial charge >= 0.3 is 0 Å². The molecule has 0 spiro atoms. The van der Waals surface area contributed by atoms with Crippen LogP contribution < -0.4 is 5.32 Å². The third-order valence-electron chi connectivity index (χ3n) is 3.28. The molecular weight excluding hydrogens is 138 g/mol. The highest BCUT2D eigenvalue weighted by Crippen LogP contribution is 2.54. The summed E-state index contributed by atoms with van der Waals surface area (Å²) in [5.41, 5.74) is 0.606. The third kappa shape index (κ3) is 1.00. The average Bonchev–Trinajstić information content (AvgIpc) is 2.73. The smallest absolute Gasteiger partial charge is 0.0643 e. The van der Waals surface area contributed by atoms with E-state index >= 15 is 0 Å². The molecule has 3 aliphatic rings. The maximum Gasteiger partial charge on any atom is 0.0643 e. The van der Waals surface area contributed by atoms with E-state index in [0.29, 0.717) is 11.6 Å². The largest absolute Gasteiger partial charge is 0.378 e. The highest BCUT2D eigenvalue weighted by molar-refractivity contribution is 5.12. The van der Waals surface area contributed by atoms with E-state index in [4.69, 9.17) is 4.74 Å². The molecule has 1 heterocycles. The van der Waals surface area contributed by atoms with Crippen molar-refractivity contribution in [2.24, 2.45) is 5.92 Å². The first-order chi connectivity index (χ1) is 5.39. The van der Waals surface area contributed by atoms with E-state index in [1.807, 2.05) is 0 Å². The fourth-order valence-corrected chi connectivity index (χ4v) is 2.17. The van der Waals surface area contributed by atoms with Crippen LogP contribution in [0.5, 0.6) is 0 Å². The standard InChI is InChI=1S/C9H15NO/c1-2-7(1)9(3-4-9)10-8-5-11-6-8/h7-8,10H,1-6H2. The van der Waals surface area contributed by atoms with Crippen LogP contribution in [0.3, 0.4) is 0 Å². The quantitative estimate of drug-likeness (QED) is 0.651. The number of hydrogen-bond donors (Lipinski definition) is 1. The number of rotatable bonds is 3. The summed E-state index contributed by atoms with van der Waals surface area (Å²) in [5.74, 6) is 1.03. The van der Waals surface area contributed by atoms with Crippen molar-refractivity contribution in [1.29, 1.82) is 0 Å². The normalized spacial score (nSPS) is 34.9. The van der Waals surface area contributed by atoms with Crippen molar-refractivity contribution in [2.45, 2.75) is 37.3 Å². The molecule has 0 bridgehead atoms. The Morgan fingerprint density at radius 1 is 1.18 bits per heavy atom. The van der Waals surface area contributed by atoms with E-state index in [9.17, 15) is 0 Å². The van der Waals surface area contributed by atoms with Crippen molar-refractivity contribution in [1.82, 2.24) is 5.32 Å². The van der Waals surface area contributed by atoms with Crippen LogP contribution >= 0.6 is 0 Å². The van der Waals surface area contributed by atoms with E-state index < -0.39 is 0 Å². The molecule has 0 unspecified atom stereocenters. The lowest BCUT2D eigenvalue weighted by atomic mass is 10.1. The lowest BCUT2D eigenvalue weighted by Crippen LogP contribution is -2.52. The lowest BCUT2D eigenvalue weighted by molar-refractivity contribution is -0.0131. The van der Waals surface area contributed by atoms with Crippen molar-refractivity contribution in [2.75, 3.05) is 13.2 Å². The first-order valence-electron chi connectivity index (χ1n) is 4.74. The van der Waals surface area contributed by atoms with Gasteiger partial charge in [-0.15, -0.1) is 0 Å². The van der Waals surface area contributed by atoms with Crippen molar-refractivity contribution < 1.29 is 4.74 Å². The van der Waals surface area contributed by atoms with Crippen LogP contribution in [0.15, 0.2) is 0 Å². The molecule has 0 radical (unpaired) electrons. The van der Waals surface area contributed by atoms with Gasteiger partial charge in [-0.1, -0.05) is 0 Å².